The van der Waals surface area contributed by atoms with Gasteiger partial charge in [0.25, 0.3) is 0 Å². The van der Waals surface area contributed by atoms with E-state index in [1.165, 1.54) is 134 Å². The molecule has 13 aromatic carbocycles. The van der Waals surface area contributed by atoms with Crippen LogP contribution in [0.4, 0.5) is 0 Å². The van der Waals surface area contributed by atoms with Gasteiger partial charge in [-0.3, -0.25) is 35.5 Å². The molecule has 6 aliphatic rings. The minimum atomic E-state index is 0. The van der Waals surface area contributed by atoms with Crippen LogP contribution in [0.3, 0.4) is 0 Å². The van der Waals surface area contributed by atoms with E-state index in [1.807, 2.05) is 180 Å². The first-order valence-electron chi connectivity index (χ1n) is 44.9. The van der Waals surface area contributed by atoms with Gasteiger partial charge in [-0.15, -0.1) is 143 Å². The van der Waals surface area contributed by atoms with Crippen LogP contribution in [-0.4, -0.2) is 57.3 Å². The summed E-state index contributed by atoms with van der Waals surface area (Å²) in [5.74, 6) is 14.6. The topological polar surface area (TPSA) is 107 Å². The molecule has 6 radical (unpaired) electrons. The predicted octanol–water partition coefficient (Wildman–Crippen LogP) is 22.3. The van der Waals surface area contributed by atoms with Crippen molar-refractivity contribution in [3.8, 4) is 125 Å². The first-order chi connectivity index (χ1) is 66.5. The molecule has 0 atom stereocenters. The molecule has 0 unspecified atom stereocenters. The molecule has 0 saturated carbocycles. The van der Waals surface area contributed by atoms with Gasteiger partial charge < -0.3 is 95.8 Å². The summed E-state index contributed by atoms with van der Waals surface area (Å²) < 4.78 is 11.0. The summed E-state index contributed by atoms with van der Waals surface area (Å²) in [6, 6.07) is 95.6. The number of imidazole rings is 6. The number of benzene rings is 13. The van der Waals surface area contributed by atoms with Crippen LogP contribution in [-0.2, 0) is 241 Å². The van der Waals surface area contributed by atoms with E-state index >= 15 is 0 Å². The van der Waals surface area contributed by atoms with Gasteiger partial charge in [0.2, 0.25) is 0 Å². The summed E-state index contributed by atoms with van der Waals surface area (Å²) in [7, 11) is 11.5. The number of fused-ring (bicyclic) bond motifs is 18. The minimum absolute atomic E-state index is 0. The molecule has 18 heteroatoms. The van der Waals surface area contributed by atoms with Crippen LogP contribution in [0.5, 0.6) is 0 Å². The SMILES string of the molecule is Cn1[c-]nc(-c2ccccc2-c2cn(C)[c-]n2)c1.Cn1[c-]nc(CCc2cn(C)[c-]n2)c1.Cn1[c-]nc(CCc2cn(C)[c-]n2)c1.[Au].[Au].[Au].[Au].[Au].[Au].[C-]#Cc1ccc2c(c1)-c1ccccc1C2.[C-]#Cc1ccc2c(c1)-c1ccccc1C2.[C-]#Cc1ccc2c(c1)Cc1ccccc1-2.[C-]#Cc1ccc2c(c1)Cc1ccccc1-2.[C-]#Cc1ccc2c(c1)Cc1ccccc1-2.[C-]#Cc1ccc2c(c1)Cc1ccccc1-2. The standard InChI is InChI=1S/6C15H9.C14H12N4.2C10H12N4.6Au/c4*1-2-11-7-8-15-13(9-11)10-12-5-3-4-6-14(12)15;2*1-2-11-7-8-13-10-12-5-3-4-6-14(12)15(13)9-11;1-17-7-13(15-9-17)11-5-3-4-6-12(11)14-8-18(2)10-16-14;2*1-13-5-9(11-7-13)3-4-10-6-14(2)8-12-10;;;;;;/h6*3-9H,10H2;3-8H,1-2H3;2*5-6H,3-4H2,1-2H3;;;;;;/q6*-1;3*-2;;;;;;. The number of nitrogens with zero attached hydrogens (tertiary/aromatic N) is 12. The van der Waals surface area contributed by atoms with Gasteiger partial charge in [-0.05, 0) is 192 Å². The number of aryl methyl sites for hydroxylation is 10. The Morgan fingerprint density at radius 2 is 0.373 bits per heavy atom. The molecular weight excluding hydrogens is 2840 g/mol. The molecule has 142 heavy (non-hydrogen) atoms. The van der Waals surface area contributed by atoms with Crippen LogP contribution in [0.2, 0.25) is 0 Å². The monoisotopic (exact) mass is 2930 g/mol. The van der Waals surface area contributed by atoms with Crippen LogP contribution >= 0.6 is 0 Å². The Balaban J connectivity index is 0.000000152. The normalized spacial score (nSPS) is 10.9. The maximum Gasteiger partial charge on any atom is 0.000793 e. The fourth-order valence-electron chi connectivity index (χ4n) is 17.9. The van der Waals surface area contributed by atoms with Crippen molar-refractivity contribution in [3.05, 3.63) is 516 Å². The Labute approximate surface area is 928 Å². The van der Waals surface area contributed by atoms with Crippen molar-refractivity contribution >= 4 is 0 Å². The van der Waals surface area contributed by atoms with E-state index in [4.69, 9.17) is 38.5 Å². The van der Waals surface area contributed by atoms with Crippen molar-refractivity contribution < 1.29 is 134 Å². The van der Waals surface area contributed by atoms with Crippen molar-refractivity contribution in [1.29, 1.82) is 0 Å². The maximum atomic E-state index is 7.14. The van der Waals surface area contributed by atoms with Crippen molar-refractivity contribution in [2.24, 2.45) is 42.3 Å². The average molecular weight is 2930 g/mol. The average Bonchev–Trinajstić information content (AvgIpc) is 1.66. The second kappa shape index (κ2) is 52.1. The summed E-state index contributed by atoms with van der Waals surface area (Å²) >= 11 is 0. The second-order valence-electron chi connectivity index (χ2n) is 34.0. The third kappa shape index (κ3) is 26.8. The zero-order valence-electron chi connectivity index (χ0n) is 78.3. The van der Waals surface area contributed by atoms with Gasteiger partial charge in [0.1, 0.15) is 0 Å². The largest absolute Gasteiger partial charge is 0.456 e. The van der Waals surface area contributed by atoms with Crippen molar-refractivity contribution in [1.82, 2.24) is 57.3 Å². The van der Waals surface area contributed by atoms with Crippen LogP contribution in [0, 0.1) is 112 Å². The van der Waals surface area contributed by atoms with E-state index in [1.54, 1.807) is 0 Å². The molecule has 0 bridgehead atoms. The molecule has 0 N–H and O–H groups in total. The van der Waals surface area contributed by atoms with E-state index in [9.17, 15) is 0 Å². The Kier molecular flexibility index (Phi) is 40.1. The summed E-state index contributed by atoms with van der Waals surface area (Å²) in [6.45, 7) is 0. The maximum absolute atomic E-state index is 7.14. The fraction of sp³-hybridized carbons (Fsp3) is 0.129. The quantitative estimate of drug-likeness (QED) is 0.0852. The van der Waals surface area contributed by atoms with Crippen LogP contribution in [0.15, 0.2) is 316 Å². The molecule has 6 aliphatic carbocycles. The molecule has 0 amide bonds. The number of hydrogen-bond donors (Lipinski definition) is 0. The molecule has 0 aliphatic heterocycles. The fourth-order valence-corrected chi connectivity index (χ4v) is 17.9. The van der Waals surface area contributed by atoms with Crippen LogP contribution in [0.25, 0.3) is 89.3 Å². The van der Waals surface area contributed by atoms with E-state index in [-0.39, 0.29) is 134 Å². The van der Waals surface area contributed by atoms with Crippen LogP contribution < -0.4 is 0 Å². The van der Waals surface area contributed by atoms with Gasteiger partial charge in [0, 0.05) is 172 Å². The zero-order valence-corrected chi connectivity index (χ0v) is 91.3. The summed E-state index contributed by atoms with van der Waals surface area (Å²) in [6.07, 6.45) is 81.3. The van der Waals surface area contributed by atoms with E-state index in [2.05, 4.69) is 310 Å². The second-order valence-corrected chi connectivity index (χ2v) is 34.0. The number of hydrogen-bond acceptors (Lipinski definition) is 6. The Morgan fingerprint density at radius 1 is 0.197 bits per heavy atom. The molecule has 6 aromatic heterocycles. The first-order valence-corrected chi connectivity index (χ1v) is 44.9. The summed E-state index contributed by atoms with van der Waals surface area (Å²) in [5, 5.41) is 0. The molecular formula is C124H90Au6N12-12. The molecule has 0 saturated heterocycles. The predicted molar refractivity (Wildman–Crippen MR) is 537 cm³/mol. The Morgan fingerprint density at radius 3 is 0.585 bits per heavy atom. The van der Waals surface area contributed by atoms with E-state index < -0.39 is 0 Å². The zero-order chi connectivity index (χ0) is 94.0. The van der Waals surface area contributed by atoms with Gasteiger partial charge in [0.15, 0.2) is 0 Å². The third-order valence-corrected chi connectivity index (χ3v) is 24.5. The first kappa shape index (κ1) is 109. The molecule has 724 valence electrons. The van der Waals surface area contributed by atoms with Gasteiger partial charge in [-0.25, -0.2) is 0 Å². The van der Waals surface area contributed by atoms with Gasteiger partial charge in [0.05, 0.1) is 0 Å². The molecule has 12 nitrogen and oxygen atoms in total. The van der Waals surface area contributed by atoms with E-state index in [0.717, 1.165) is 143 Å². The van der Waals surface area contributed by atoms with Crippen LogP contribution in [0.1, 0.15) is 123 Å². The molecule has 0 spiro atoms. The molecule has 25 rings (SSSR count). The number of rotatable bonds is 8. The van der Waals surface area contributed by atoms with E-state index in [0.29, 0.717) is 0 Å². The van der Waals surface area contributed by atoms with Crippen molar-refractivity contribution in [2.45, 2.75) is 64.2 Å². The number of aromatic nitrogens is 12. The molecule has 0 fully saturated rings. The van der Waals surface area contributed by atoms with Crippen molar-refractivity contribution in [3.63, 3.8) is 0 Å². The molecule has 6 heterocycles. The molecule has 19 aromatic rings. The van der Waals surface area contributed by atoms with Gasteiger partial charge >= 0.3 is 0 Å². The third-order valence-electron chi connectivity index (χ3n) is 24.5. The summed E-state index contributed by atoms with van der Waals surface area (Å²) in [5.41, 5.74) is 45.3. The van der Waals surface area contributed by atoms with Crippen molar-refractivity contribution in [2.75, 3.05) is 0 Å². The Bertz CT molecular complexity index is 7150. The summed E-state index contributed by atoms with van der Waals surface area (Å²) in [4.78, 5) is 25.1. The smallest absolute Gasteiger partial charge is 0.000793 e. The Hall–Kier alpha value is -13.1. The van der Waals surface area contributed by atoms with Gasteiger partial charge in [-0.2, -0.15) is 0 Å². The van der Waals surface area contributed by atoms with Gasteiger partial charge in [-0.1, -0.05) is 299 Å². The minimum Gasteiger partial charge on any atom is -0.456 e.